The van der Waals surface area contributed by atoms with E-state index in [1.54, 1.807) is 25.4 Å². The van der Waals surface area contributed by atoms with E-state index in [0.29, 0.717) is 38.7 Å². The summed E-state index contributed by atoms with van der Waals surface area (Å²) in [4.78, 5) is 30.3. The number of anilines is 1. The SMILES string of the molecule is CC1(c2cnn(C(F)F)c2)CC(C(=O)Nc2cnc(-c3ncccn3)c(Cl)c2)c2cnc3cc(F)nn3c21. The van der Waals surface area contributed by atoms with Crippen LogP contribution in [0.5, 0.6) is 0 Å². The number of amides is 1. The Morgan fingerprint density at radius 2 is 1.95 bits per heavy atom. The predicted octanol–water partition coefficient (Wildman–Crippen LogP) is 4.40. The number of pyridine rings is 1. The molecule has 0 aliphatic heterocycles. The summed E-state index contributed by atoms with van der Waals surface area (Å²) in [5.74, 6) is -1.61. The van der Waals surface area contributed by atoms with Gasteiger partial charge in [0.2, 0.25) is 11.9 Å². The molecule has 0 aromatic carbocycles. The molecular weight excluding hydrogens is 523 g/mol. The van der Waals surface area contributed by atoms with Crippen LogP contribution in [0.3, 0.4) is 0 Å². The molecule has 2 atom stereocenters. The molecular formula is C24H17ClF3N9O. The highest BCUT2D eigenvalue weighted by Crippen LogP contribution is 2.50. The maximum Gasteiger partial charge on any atom is 0.333 e. The first kappa shape index (κ1) is 24.0. The number of nitrogens with one attached hydrogen (secondary N) is 1. The van der Waals surface area contributed by atoms with E-state index in [2.05, 4.69) is 35.5 Å². The second kappa shape index (κ2) is 8.87. The van der Waals surface area contributed by atoms with E-state index in [4.69, 9.17) is 11.6 Å². The van der Waals surface area contributed by atoms with Crippen molar-refractivity contribution in [2.24, 2.45) is 0 Å². The van der Waals surface area contributed by atoms with E-state index in [9.17, 15) is 18.0 Å². The fourth-order valence-electron chi connectivity index (χ4n) is 4.88. The molecule has 0 saturated carbocycles. The fraction of sp³-hybridized carbons (Fsp3) is 0.208. The van der Waals surface area contributed by atoms with E-state index in [1.807, 2.05) is 0 Å². The number of fused-ring (bicyclic) bond motifs is 3. The highest BCUT2D eigenvalue weighted by Gasteiger charge is 2.48. The molecule has 5 heterocycles. The third-order valence-electron chi connectivity index (χ3n) is 6.63. The minimum absolute atomic E-state index is 0.169. The lowest BCUT2D eigenvalue weighted by molar-refractivity contribution is -0.117. The molecule has 1 aliphatic carbocycles. The Labute approximate surface area is 217 Å². The van der Waals surface area contributed by atoms with Gasteiger partial charge in [0.15, 0.2) is 11.5 Å². The zero-order valence-corrected chi connectivity index (χ0v) is 20.3. The number of carbonyl (C=O) groups excluding carboxylic acids is 1. The van der Waals surface area contributed by atoms with Crippen molar-refractivity contribution in [1.29, 1.82) is 0 Å². The number of carbonyl (C=O) groups is 1. The van der Waals surface area contributed by atoms with Crippen LogP contribution in [-0.2, 0) is 10.2 Å². The molecule has 0 spiro atoms. The van der Waals surface area contributed by atoms with Gasteiger partial charge in [0.1, 0.15) is 5.69 Å². The lowest BCUT2D eigenvalue weighted by Crippen LogP contribution is -2.25. The lowest BCUT2D eigenvalue weighted by atomic mass is 9.80. The van der Waals surface area contributed by atoms with E-state index in [1.165, 1.54) is 35.4 Å². The van der Waals surface area contributed by atoms with Crippen LogP contribution in [0.4, 0.5) is 18.9 Å². The molecule has 5 aromatic rings. The maximum absolute atomic E-state index is 14.1. The summed E-state index contributed by atoms with van der Waals surface area (Å²) in [5, 5.41) is 10.7. The molecule has 0 radical (unpaired) electrons. The summed E-state index contributed by atoms with van der Waals surface area (Å²) in [6.07, 6.45) is 8.74. The van der Waals surface area contributed by atoms with Gasteiger partial charge in [0, 0.05) is 47.4 Å². The molecule has 2 unspecified atom stereocenters. The van der Waals surface area contributed by atoms with Crippen LogP contribution in [0.1, 0.15) is 42.6 Å². The Kier molecular flexibility index (Phi) is 5.60. The molecule has 14 heteroatoms. The normalized spacial score (nSPS) is 18.7. The van der Waals surface area contributed by atoms with E-state index < -0.39 is 29.7 Å². The molecule has 38 heavy (non-hydrogen) atoms. The van der Waals surface area contributed by atoms with E-state index in [-0.39, 0.29) is 17.1 Å². The van der Waals surface area contributed by atoms with Crippen molar-refractivity contribution in [3.8, 4) is 11.5 Å². The quantitative estimate of drug-likeness (QED) is 0.352. The van der Waals surface area contributed by atoms with Crippen molar-refractivity contribution in [2.45, 2.75) is 31.2 Å². The van der Waals surface area contributed by atoms with Gasteiger partial charge in [0.05, 0.1) is 34.7 Å². The molecule has 1 N–H and O–H groups in total. The van der Waals surface area contributed by atoms with Gasteiger partial charge in [0.25, 0.3) is 0 Å². The molecule has 0 saturated heterocycles. The molecule has 0 bridgehead atoms. The second-order valence-corrected chi connectivity index (χ2v) is 9.40. The van der Waals surface area contributed by atoms with Gasteiger partial charge < -0.3 is 5.32 Å². The van der Waals surface area contributed by atoms with Crippen molar-refractivity contribution in [3.63, 3.8) is 0 Å². The summed E-state index contributed by atoms with van der Waals surface area (Å²) in [5.41, 5.74) is 1.28. The monoisotopic (exact) mass is 539 g/mol. The first-order valence-electron chi connectivity index (χ1n) is 11.4. The van der Waals surface area contributed by atoms with Crippen molar-refractivity contribution in [2.75, 3.05) is 5.32 Å². The number of halogens is 4. The Morgan fingerprint density at radius 3 is 2.66 bits per heavy atom. The topological polar surface area (TPSA) is 116 Å². The smallest absolute Gasteiger partial charge is 0.324 e. The molecule has 1 aliphatic rings. The first-order chi connectivity index (χ1) is 18.2. The number of hydrogen-bond donors (Lipinski definition) is 1. The molecule has 10 nitrogen and oxygen atoms in total. The number of nitrogens with zero attached hydrogens (tertiary/aromatic N) is 8. The standard InChI is InChI=1S/C24H17ClF3N9O/c1-24(12-8-33-36(11-12)23(27)28)7-14(15-10-31-18-6-17(26)35-37(18)20(15)24)22(38)34-13-5-16(25)19(32-9-13)21-29-3-2-4-30-21/h2-6,8-11,14,23H,7H2,1H3,(H,34,38). The van der Waals surface area contributed by atoms with Crippen LogP contribution in [-0.4, -0.2) is 45.2 Å². The molecule has 1 amide bonds. The minimum Gasteiger partial charge on any atom is -0.324 e. The highest BCUT2D eigenvalue weighted by molar-refractivity contribution is 6.33. The average molecular weight is 540 g/mol. The Bertz CT molecular complexity index is 1690. The van der Waals surface area contributed by atoms with Crippen LogP contribution in [0.2, 0.25) is 5.02 Å². The van der Waals surface area contributed by atoms with Crippen molar-refractivity contribution in [3.05, 3.63) is 83.2 Å². The van der Waals surface area contributed by atoms with Crippen LogP contribution in [0.15, 0.2) is 55.4 Å². The Morgan fingerprint density at radius 1 is 1.16 bits per heavy atom. The van der Waals surface area contributed by atoms with Crippen molar-refractivity contribution >= 4 is 28.8 Å². The van der Waals surface area contributed by atoms with Crippen LogP contribution >= 0.6 is 11.6 Å². The predicted molar refractivity (Wildman–Crippen MR) is 129 cm³/mol. The number of rotatable bonds is 5. The summed E-state index contributed by atoms with van der Waals surface area (Å²) in [6.45, 7) is -1.06. The van der Waals surface area contributed by atoms with Crippen LogP contribution in [0.25, 0.3) is 17.2 Å². The lowest BCUT2D eigenvalue weighted by Gasteiger charge is -2.24. The number of alkyl halides is 2. The van der Waals surface area contributed by atoms with Gasteiger partial charge >= 0.3 is 6.55 Å². The summed E-state index contributed by atoms with van der Waals surface area (Å²) < 4.78 is 42.5. The van der Waals surface area contributed by atoms with Crippen LogP contribution < -0.4 is 5.32 Å². The van der Waals surface area contributed by atoms with Crippen LogP contribution in [0, 0.1) is 5.95 Å². The largest absolute Gasteiger partial charge is 0.333 e. The molecule has 6 rings (SSSR count). The fourth-order valence-corrected chi connectivity index (χ4v) is 5.13. The summed E-state index contributed by atoms with van der Waals surface area (Å²) in [6, 6.07) is 4.35. The highest BCUT2D eigenvalue weighted by atomic mass is 35.5. The Balaban J connectivity index is 1.37. The molecule has 5 aromatic heterocycles. The van der Waals surface area contributed by atoms with Gasteiger partial charge in [-0.3, -0.25) is 4.79 Å². The summed E-state index contributed by atoms with van der Waals surface area (Å²) in [7, 11) is 0. The zero-order chi connectivity index (χ0) is 26.6. The second-order valence-electron chi connectivity index (χ2n) is 8.99. The molecule has 0 fully saturated rings. The first-order valence-corrected chi connectivity index (χ1v) is 11.7. The van der Waals surface area contributed by atoms with Crippen molar-refractivity contribution < 1.29 is 18.0 Å². The van der Waals surface area contributed by atoms with Gasteiger partial charge in [-0.15, -0.1) is 5.10 Å². The number of aromatic nitrogens is 8. The van der Waals surface area contributed by atoms with Gasteiger partial charge in [-0.2, -0.15) is 18.3 Å². The summed E-state index contributed by atoms with van der Waals surface area (Å²) >= 11 is 6.39. The van der Waals surface area contributed by atoms with Gasteiger partial charge in [-0.1, -0.05) is 11.6 Å². The average Bonchev–Trinajstić information content (AvgIpc) is 3.60. The van der Waals surface area contributed by atoms with E-state index >= 15 is 0 Å². The zero-order valence-electron chi connectivity index (χ0n) is 19.6. The molecule has 192 valence electrons. The minimum atomic E-state index is -2.84. The van der Waals surface area contributed by atoms with E-state index in [0.717, 1.165) is 6.07 Å². The van der Waals surface area contributed by atoms with Gasteiger partial charge in [-0.25, -0.2) is 29.1 Å². The van der Waals surface area contributed by atoms with Gasteiger partial charge in [-0.05, 0) is 25.5 Å². The maximum atomic E-state index is 14.1. The Hall–Kier alpha value is -4.39. The third kappa shape index (κ3) is 3.86. The van der Waals surface area contributed by atoms with Crippen molar-refractivity contribution in [1.82, 2.24) is 39.3 Å². The third-order valence-corrected chi connectivity index (χ3v) is 6.92. The number of hydrogen-bond acceptors (Lipinski definition) is 7.